The Morgan fingerprint density at radius 1 is 1.04 bits per heavy atom. The summed E-state index contributed by atoms with van der Waals surface area (Å²) in [4.78, 5) is 24.6. The maximum Gasteiger partial charge on any atom is 0.257 e. The number of carbonyl (C=O) groups is 1. The number of carbonyl (C=O) groups excluding carboxylic acids is 1. The molecule has 2 aromatic carbocycles. The fraction of sp³-hybridized carbons (Fsp3) is 0.100. The number of benzene rings is 2. The third-order valence-corrected chi connectivity index (χ3v) is 4.46. The van der Waals surface area contributed by atoms with Gasteiger partial charge in [0.25, 0.3) is 11.5 Å². The highest BCUT2D eigenvalue weighted by atomic mass is 35.5. The summed E-state index contributed by atoms with van der Waals surface area (Å²) in [5, 5.41) is 3.57. The van der Waals surface area contributed by atoms with Gasteiger partial charge in [0, 0.05) is 17.3 Å². The van der Waals surface area contributed by atoms with Gasteiger partial charge in [-0.25, -0.2) is 0 Å². The molecular weight excluding hydrogens is 371 g/mol. The minimum atomic E-state index is -0.369. The molecule has 6 heteroatoms. The summed E-state index contributed by atoms with van der Waals surface area (Å²) >= 11 is 12.0. The van der Waals surface area contributed by atoms with Crippen LogP contribution in [0.2, 0.25) is 10.0 Å². The first-order valence-corrected chi connectivity index (χ1v) is 8.70. The third-order valence-electron chi connectivity index (χ3n) is 3.90. The molecule has 1 aromatic heterocycles. The van der Waals surface area contributed by atoms with Crippen LogP contribution in [0.5, 0.6) is 0 Å². The quantitative estimate of drug-likeness (QED) is 0.702. The lowest BCUT2D eigenvalue weighted by molar-refractivity contribution is 0.102. The number of nitrogens with one attached hydrogen (secondary N) is 1. The Morgan fingerprint density at radius 2 is 1.77 bits per heavy atom. The van der Waals surface area contributed by atoms with Crippen LogP contribution in [0.15, 0.2) is 65.6 Å². The predicted octanol–water partition coefficient (Wildman–Crippen LogP) is 4.76. The SMILES string of the molecule is Cc1ccc(Cn2cc(C(=O)Nc3cc(Cl)ccc3Cl)ccc2=O)cc1. The van der Waals surface area contributed by atoms with E-state index in [1.54, 1.807) is 18.2 Å². The van der Waals surface area contributed by atoms with Crippen molar-refractivity contribution < 1.29 is 4.79 Å². The Hall–Kier alpha value is -2.56. The molecule has 0 saturated heterocycles. The van der Waals surface area contributed by atoms with Gasteiger partial charge in [-0.15, -0.1) is 0 Å². The van der Waals surface area contributed by atoms with Gasteiger partial charge in [0.1, 0.15) is 0 Å². The van der Waals surface area contributed by atoms with Crippen molar-refractivity contribution in [1.29, 1.82) is 0 Å². The van der Waals surface area contributed by atoms with Crippen molar-refractivity contribution in [3.8, 4) is 0 Å². The van der Waals surface area contributed by atoms with Crippen molar-refractivity contribution in [2.24, 2.45) is 0 Å². The van der Waals surface area contributed by atoms with Crippen LogP contribution in [0.4, 0.5) is 5.69 Å². The summed E-state index contributed by atoms with van der Waals surface area (Å²) in [5.41, 5.74) is 2.72. The Kier molecular flexibility index (Phi) is 5.45. The number of aryl methyl sites for hydroxylation is 1. The highest BCUT2D eigenvalue weighted by molar-refractivity contribution is 6.35. The van der Waals surface area contributed by atoms with E-state index in [4.69, 9.17) is 23.2 Å². The first-order valence-electron chi connectivity index (χ1n) is 7.95. The molecule has 3 rings (SSSR count). The normalized spacial score (nSPS) is 10.6. The Bertz CT molecular complexity index is 1010. The topological polar surface area (TPSA) is 51.1 Å². The summed E-state index contributed by atoms with van der Waals surface area (Å²) in [7, 11) is 0. The van der Waals surface area contributed by atoms with Crippen LogP contribution in [0.1, 0.15) is 21.5 Å². The van der Waals surface area contributed by atoms with Crippen molar-refractivity contribution in [2.45, 2.75) is 13.5 Å². The molecule has 0 unspecified atom stereocenters. The summed E-state index contributed by atoms with van der Waals surface area (Å²) in [6, 6.07) is 15.6. The number of hydrogen-bond acceptors (Lipinski definition) is 2. The molecule has 1 heterocycles. The monoisotopic (exact) mass is 386 g/mol. The number of nitrogens with zero attached hydrogens (tertiary/aromatic N) is 1. The van der Waals surface area contributed by atoms with E-state index in [-0.39, 0.29) is 11.5 Å². The molecule has 3 aromatic rings. The molecule has 0 aliphatic rings. The van der Waals surface area contributed by atoms with E-state index in [1.165, 1.54) is 22.9 Å². The second-order valence-corrected chi connectivity index (χ2v) is 6.79. The summed E-state index contributed by atoms with van der Waals surface area (Å²) in [6.45, 7) is 2.39. The molecule has 1 N–H and O–H groups in total. The number of aromatic nitrogens is 1. The fourth-order valence-corrected chi connectivity index (χ4v) is 2.80. The predicted molar refractivity (Wildman–Crippen MR) is 105 cm³/mol. The number of pyridine rings is 1. The molecule has 0 aliphatic heterocycles. The van der Waals surface area contributed by atoms with Crippen molar-refractivity contribution >= 4 is 34.8 Å². The molecule has 0 aliphatic carbocycles. The Balaban J connectivity index is 1.84. The first-order chi connectivity index (χ1) is 12.4. The van der Waals surface area contributed by atoms with Gasteiger partial charge in [0.05, 0.1) is 22.8 Å². The molecule has 26 heavy (non-hydrogen) atoms. The van der Waals surface area contributed by atoms with Gasteiger partial charge < -0.3 is 9.88 Å². The van der Waals surface area contributed by atoms with Crippen LogP contribution in [0, 0.1) is 6.92 Å². The highest BCUT2D eigenvalue weighted by Crippen LogP contribution is 2.25. The van der Waals surface area contributed by atoms with E-state index in [0.717, 1.165) is 11.1 Å². The van der Waals surface area contributed by atoms with Gasteiger partial charge in [-0.2, -0.15) is 0 Å². The molecular formula is C20H16Cl2N2O2. The number of rotatable bonds is 4. The zero-order valence-corrected chi connectivity index (χ0v) is 15.5. The minimum Gasteiger partial charge on any atom is -0.321 e. The summed E-state index contributed by atoms with van der Waals surface area (Å²) in [6.07, 6.45) is 1.54. The van der Waals surface area contributed by atoms with Crippen LogP contribution in [0.25, 0.3) is 0 Å². The van der Waals surface area contributed by atoms with E-state index in [0.29, 0.717) is 27.8 Å². The average Bonchev–Trinajstić information content (AvgIpc) is 2.62. The van der Waals surface area contributed by atoms with Gasteiger partial charge in [-0.3, -0.25) is 9.59 Å². The summed E-state index contributed by atoms with van der Waals surface area (Å²) < 4.78 is 1.50. The van der Waals surface area contributed by atoms with Crippen LogP contribution in [-0.2, 0) is 6.54 Å². The zero-order chi connectivity index (χ0) is 18.7. The molecule has 0 bridgehead atoms. The van der Waals surface area contributed by atoms with E-state index in [9.17, 15) is 9.59 Å². The van der Waals surface area contributed by atoms with Gasteiger partial charge in [0.15, 0.2) is 0 Å². The highest BCUT2D eigenvalue weighted by Gasteiger charge is 2.11. The number of halogens is 2. The van der Waals surface area contributed by atoms with Crippen LogP contribution in [-0.4, -0.2) is 10.5 Å². The van der Waals surface area contributed by atoms with Crippen LogP contribution in [0.3, 0.4) is 0 Å². The van der Waals surface area contributed by atoms with E-state index in [1.807, 2.05) is 31.2 Å². The Labute approximate surface area is 161 Å². The van der Waals surface area contributed by atoms with Crippen molar-refractivity contribution in [3.05, 3.63) is 97.9 Å². The third kappa shape index (κ3) is 4.34. The largest absolute Gasteiger partial charge is 0.321 e. The fourth-order valence-electron chi connectivity index (χ4n) is 2.47. The van der Waals surface area contributed by atoms with Gasteiger partial charge >= 0.3 is 0 Å². The first kappa shape index (κ1) is 18.2. The second-order valence-electron chi connectivity index (χ2n) is 5.95. The summed E-state index contributed by atoms with van der Waals surface area (Å²) in [5.74, 6) is -0.369. The van der Waals surface area contributed by atoms with E-state index < -0.39 is 0 Å². The van der Waals surface area contributed by atoms with Crippen molar-refractivity contribution in [2.75, 3.05) is 5.32 Å². The average molecular weight is 387 g/mol. The lowest BCUT2D eigenvalue weighted by atomic mass is 10.1. The van der Waals surface area contributed by atoms with E-state index >= 15 is 0 Å². The lowest BCUT2D eigenvalue weighted by Gasteiger charge is -2.10. The maximum absolute atomic E-state index is 12.5. The van der Waals surface area contributed by atoms with E-state index in [2.05, 4.69) is 5.32 Å². The second kappa shape index (κ2) is 7.77. The number of hydrogen-bond donors (Lipinski definition) is 1. The maximum atomic E-state index is 12.5. The number of amides is 1. The standard InChI is InChI=1S/C20H16Cl2N2O2/c1-13-2-4-14(5-3-13)11-24-12-15(6-9-19(24)25)20(26)23-18-10-16(21)7-8-17(18)22/h2-10,12H,11H2,1H3,(H,23,26). The smallest absolute Gasteiger partial charge is 0.257 e. The van der Waals surface area contributed by atoms with Gasteiger partial charge in [-0.1, -0.05) is 53.0 Å². The molecule has 4 nitrogen and oxygen atoms in total. The molecule has 0 radical (unpaired) electrons. The Morgan fingerprint density at radius 3 is 2.50 bits per heavy atom. The molecule has 0 fully saturated rings. The molecule has 0 atom stereocenters. The van der Waals surface area contributed by atoms with Crippen molar-refractivity contribution in [1.82, 2.24) is 4.57 Å². The van der Waals surface area contributed by atoms with Crippen molar-refractivity contribution in [3.63, 3.8) is 0 Å². The van der Waals surface area contributed by atoms with Crippen LogP contribution < -0.4 is 10.9 Å². The van der Waals surface area contributed by atoms with Crippen LogP contribution >= 0.6 is 23.2 Å². The molecule has 0 spiro atoms. The number of anilines is 1. The molecule has 0 saturated carbocycles. The minimum absolute atomic E-state index is 0.178. The molecule has 1 amide bonds. The lowest BCUT2D eigenvalue weighted by Crippen LogP contribution is -2.22. The zero-order valence-electron chi connectivity index (χ0n) is 14.0. The molecule has 132 valence electrons. The van der Waals surface area contributed by atoms with Gasteiger partial charge in [0.2, 0.25) is 0 Å². The van der Waals surface area contributed by atoms with Gasteiger partial charge in [-0.05, 0) is 36.8 Å².